The van der Waals surface area contributed by atoms with Crippen LogP contribution in [-0.2, 0) is 10.2 Å². The van der Waals surface area contributed by atoms with Crippen molar-refractivity contribution in [2.24, 2.45) is 5.92 Å². The van der Waals surface area contributed by atoms with Crippen LogP contribution >= 0.6 is 0 Å². The third-order valence-corrected chi connectivity index (χ3v) is 7.62. The molecule has 0 heterocycles. The Kier molecular flexibility index (Phi) is 9.88. The van der Waals surface area contributed by atoms with Crippen LogP contribution in [0.1, 0.15) is 48.2 Å². The fraction of sp³-hybridized carbons (Fsp3) is 0.281. The van der Waals surface area contributed by atoms with E-state index in [0.29, 0.717) is 17.0 Å². The van der Waals surface area contributed by atoms with E-state index in [0.717, 1.165) is 35.1 Å². The van der Waals surface area contributed by atoms with Gasteiger partial charge in [0.15, 0.2) is 0 Å². The Morgan fingerprint density at radius 1 is 1.18 bits per heavy atom. The smallest absolute Gasteiger partial charge is 0.683 e. The zero-order valence-corrected chi connectivity index (χ0v) is 26.8. The number of rotatable bonds is 10. The average Bonchev–Trinajstić information content (AvgIpc) is 3.75. The molecular formula is C32H34N2O4U. The first-order valence-corrected chi connectivity index (χ1v) is 12.7. The molecule has 39 heavy (non-hydrogen) atoms. The molecule has 0 unspecified atom stereocenters. The molecule has 6 nitrogen and oxygen atoms in total. The zero-order valence-electron chi connectivity index (χ0n) is 22.6. The van der Waals surface area contributed by atoms with Gasteiger partial charge in [0.2, 0.25) is 5.91 Å². The van der Waals surface area contributed by atoms with E-state index in [1.807, 2.05) is 63.2 Å². The van der Waals surface area contributed by atoms with Crippen molar-refractivity contribution in [1.29, 1.82) is 0 Å². The van der Waals surface area contributed by atoms with Gasteiger partial charge in [0.1, 0.15) is 0 Å². The SMILES string of the molecule is C=C[C@@](CO)(NC(=O)c1ccc(-c2cc(NC(=O)C3(c4cc[c-]c(O[CH2-])c4)CC3)ccc2C)cc1)C(C)C.[U+2]. The van der Waals surface area contributed by atoms with Crippen LogP contribution in [0.15, 0.2) is 73.3 Å². The molecule has 0 radical (unpaired) electrons. The maximum atomic E-state index is 13.3. The molecule has 3 aromatic carbocycles. The Morgan fingerprint density at radius 2 is 1.87 bits per heavy atom. The molecule has 1 aliphatic rings. The monoisotopic (exact) mass is 748 g/mol. The maximum absolute atomic E-state index is 13.3. The molecule has 2 amide bonds. The molecule has 1 saturated carbocycles. The van der Waals surface area contributed by atoms with Crippen molar-refractivity contribution in [1.82, 2.24) is 5.32 Å². The summed E-state index contributed by atoms with van der Waals surface area (Å²) in [5, 5.41) is 15.9. The number of benzene rings is 3. The van der Waals surface area contributed by atoms with Crippen molar-refractivity contribution in [2.75, 3.05) is 11.9 Å². The minimum absolute atomic E-state index is 0. The summed E-state index contributed by atoms with van der Waals surface area (Å²) in [5.74, 6) is 0.146. The minimum Gasteiger partial charge on any atom is -0.683 e. The van der Waals surface area contributed by atoms with Crippen molar-refractivity contribution >= 4 is 17.5 Å². The number of ether oxygens (including phenoxy) is 1. The third kappa shape index (κ3) is 6.33. The van der Waals surface area contributed by atoms with Gasteiger partial charge in [-0.05, 0) is 72.4 Å². The fourth-order valence-electron chi connectivity index (χ4n) is 4.66. The number of amides is 2. The average molecular weight is 749 g/mol. The van der Waals surface area contributed by atoms with Crippen LogP contribution in [0.3, 0.4) is 0 Å². The molecule has 0 saturated heterocycles. The Hall–Kier alpha value is -2.85. The maximum Gasteiger partial charge on any atom is 2.00 e. The van der Waals surface area contributed by atoms with Crippen molar-refractivity contribution in [2.45, 2.75) is 44.6 Å². The fourth-order valence-corrected chi connectivity index (χ4v) is 4.66. The molecular weight excluding hydrogens is 714 g/mol. The van der Waals surface area contributed by atoms with E-state index in [1.165, 1.54) is 0 Å². The molecule has 1 atom stereocenters. The summed E-state index contributed by atoms with van der Waals surface area (Å²) in [7, 11) is 3.44. The number of nitrogens with one attached hydrogen (secondary N) is 2. The van der Waals surface area contributed by atoms with Gasteiger partial charge in [0.05, 0.1) is 17.6 Å². The summed E-state index contributed by atoms with van der Waals surface area (Å²) in [6.07, 6.45) is 3.12. The topological polar surface area (TPSA) is 87.7 Å². The van der Waals surface area contributed by atoms with E-state index < -0.39 is 11.0 Å². The van der Waals surface area contributed by atoms with Crippen molar-refractivity contribution in [3.05, 3.63) is 103 Å². The van der Waals surface area contributed by atoms with E-state index in [2.05, 4.69) is 30.4 Å². The number of aliphatic hydroxyl groups excluding tert-OH is 1. The Morgan fingerprint density at radius 3 is 2.44 bits per heavy atom. The molecule has 0 spiro atoms. The molecule has 4 rings (SSSR count). The molecule has 200 valence electrons. The van der Waals surface area contributed by atoms with Crippen LogP contribution in [0.2, 0.25) is 0 Å². The van der Waals surface area contributed by atoms with E-state index in [9.17, 15) is 14.7 Å². The molecule has 3 N–H and O–H groups in total. The van der Waals surface area contributed by atoms with Crippen LogP contribution in [0.4, 0.5) is 5.69 Å². The number of hydrogen-bond acceptors (Lipinski definition) is 4. The molecule has 0 aliphatic heterocycles. The summed E-state index contributed by atoms with van der Waals surface area (Å²) >= 11 is 0. The summed E-state index contributed by atoms with van der Waals surface area (Å²) in [4.78, 5) is 26.2. The second-order valence-electron chi connectivity index (χ2n) is 10.2. The predicted molar refractivity (Wildman–Crippen MR) is 150 cm³/mol. The Labute approximate surface area is 254 Å². The van der Waals surface area contributed by atoms with Gasteiger partial charge in [-0.2, -0.15) is 19.2 Å². The summed E-state index contributed by atoms with van der Waals surface area (Å²) in [5.41, 5.74) is 3.54. The number of hydrogen-bond donors (Lipinski definition) is 3. The van der Waals surface area contributed by atoms with Crippen LogP contribution in [0.5, 0.6) is 5.75 Å². The molecule has 1 aliphatic carbocycles. The van der Waals surface area contributed by atoms with Gasteiger partial charge < -0.3 is 20.5 Å². The molecule has 1 fully saturated rings. The number of carbonyl (C=O) groups excluding carboxylic acids is 2. The Balaban J connectivity index is 0.00000420. The second kappa shape index (κ2) is 12.6. The summed E-state index contributed by atoms with van der Waals surface area (Å²) in [6, 6.07) is 21.5. The standard InChI is InChI=1S/C32H34N2O4.U/c1-6-32(20-35,21(2)3)34-29(36)24-13-11-23(12-14-24)28-19-26(15-10-22(28)4)33-30(37)31(16-17-31)25-8-7-9-27(18-25)38-5;/h6-8,10-15,18-19,21,35H,1,5,16-17,20H2,2-4H3,(H,33,37)(H,34,36);/q-2;+2/t32-;/m0./s1. The van der Waals surface area contributed by atoms with E-state index in [-0.39, 0.29) is 55.5 Å². The van der Waals surface area contributed by atoms with Gasteiger partial charge in [0, 0.05) is 11.3 Å². The van der Waals surface area contributed by atoms with Crippen LogP contribution in [0, 0.1) is 57.1 Å². The third-order valence-electron chi connectivity index (χ3n) is 7.62. The zero-order chi connectivity index (χ0) is 27.5. The quantitative estimate of drug-likeness (QED) is 0.186. The molecule has 3 aromatic rings. The van der Waals surface area contributed by atoms with Crippen LogP contribution in [-0.4, -0.2) is 29.1 Å². The van der Waals surface area contributed by atoms with Gasteiger partial charge in [-0.25, -0.2) is 0 Å². The van der Waals surface area contributed by atoms with E-state index in [4.69, 9.17) is 4.74 Å². The second-order valence-corrected chi connectivity index (χ2v) is 10.2. The number of aryl methyl sites for hydroxylation is 1. The van der Waals surface area contributed by atoms with Gasteiger partial charge in [-0.1, -0.05) is 38.1 Å². The largest absolute Gasteiger partial charge is 2.00 e. The van der Waals surface area contributed by atoms with Gasteiger partial charge in [-0.3, -0.25) is 9.59 Å². The predicted octanol–water partition coefficient (Wildman–Crippen LogP) is 5.61. The van der Waals surface area contributed by atoms with Crippen molar-refractivity contribution < 1.29 is 50.5 Å². The van der Waals surface area contributed by atoms with Gasteiger partial charge in [-0.15, -0.1) is 24.3 Å². The van der Waals surface area contributed by atoms with E-state index in [1.54, 1.807) is 24.3 Å². The molecule has 0 aromatic heterocycles. The summed E-state index contributed by atoms with van der Waals surface area (Å²) in [6.45, 7) is 9.42. The number of anilines is 1. The van der Waals surface area contributed by atoms with E-state index >= 15 is 0 Å². The number of aliphatic hydroxyl groups is 1. The molecule has 7 heteroatoms. The van der Waals surface area contributed by atoms with Crippen LogP contribution < -0.4 is 15.4 Å². The summed E-state index contributed by atoms with van der Waals surface area (Å²) < 4.78 is 5.04. The minimum atomic E-state index is -0.891. The van der Waals surface area contributed by atoms with Crippen molar-refractivity contribution in [3.63, 3.8) is 0 Å². The van der Waals surface area contributed by atoms with Crippen molar-refractivity contribution in [3.8, 4) is 16.9 Å². The van der Waals surface area contributed by atoms with Gasteiger partial charge in [0.25, 0.3) is 5.91 Å². The molecule has 0 bridgehead atoms. The van der Waals surface area contributed by atoms with Gasteiger partial charge >= 0.3 is 31.1 Å². The Bertz CT molecular complexity index is 1350. The number of carbonyl (C=O) groups is 2. The van der Waals surface area contributed by atoms with Crippen LogP contribution in [0.25, 0.3) is 11.1 Å². The first-order valence-electron chi connectivity index (χ1n) is 12.7. The first-order chi connectivity index (χ1) is 18.2. The first kappa shape index (κ1) is 30.7. The normalized spacial score (nSPS) is 14.9.